The maximum Gasteiger partial charge on any atom is 0.224 e. The Kier molecular flexibility index (Phi) is 4.15. The summed E-state index contributed by atoms with van der Waals surface area (Å²) in [6.07, 6.45) is 4.35. The van der Waals surface area contributed by atoms with Crippen LogP contribution in [0.25, 0.3) is 10.9 Å². The predicted molar refractivity (Wildman–Crippen MR) is 98.9 cm³/mol. The molecule has 134 valence electrons. The van der Waals surface area contributed by atoms with Crippen LogP contribution in [0, 0.1) is 5.82 Å². The summed E-state index contributed by atoms with van der Waals surface area (Å²) in [6, 6.07) is 12.3. The fourth-order valence-electron chi connectivity index (χ4n) is 3.49. The van der Waals surface area contributed by atoms with E-state index >= 15 is 0 Å². The van der Waals surface area contributed by atoms with Gasteiger partial charge in [0.1, 0.15) is 11.6 Å². The van der Waals surface area contributed by atoms with Crippen molar-refractivity contribution in [2.45, 2.75) is 24.7 Å². The number of ether oxygens (including phenoxy) is 1. The van der Waals surface area contributed by atoms with Crippen molar-refractivity contribution < 1.29 is 13.9 Å². The molecule has 1 aliphatic carbocycles. The molecule has 1 aromatic heterocycles. The van der Waals surface area contributed by atoms with Crippen molar-refractivity contribution >= 4 is 16.8 Å². The lowest BCUT2D eigenvalue weighted by atomic mass is 9.95. The van der Waals surface area contributed by atoms with Gasteiger partial charge in [0.15, 0.2) is 0 Å². The van der Waals surface area contributed by atoms with Gasteiger partial charge < -0.3 is 15.0 Å². The van der Waals surface area contributed by atoms with Crippen LogP contribution in [0.15, 0.2) is 48.7 Å². The number of carbonyl (C=O) groups excluding carboxylic acids is 1. The highest BCUT2D eigenvalue weighted by Crippen LogP contribution is 2.50. The molecule has 4 rings (SSSR count). The molecule has 1 fully saturated rings. The number of amides is 1. The van der Waals surface area contributed by atoms with Gasteiger partial charge in [0.05, 0.1) is 13.5 Å². The van der Waals surface area contributed by atoms with Crippen LogP contribution >= 0.6 is 0 Å². The Morgan fingerprint density at radius 1 is 1.23 bits per heavy atom. The first kappa shape index (κ1) is 16.6. The topological polar surface area (TPSA) is 54.1 Å². The summed E-state index contributed by atoms with van der Waals surface area (Å²) in [6.45, 7) is 0.603. The lowest BCUT2D eigenvalue weighted by Crippen LogP contribution is -2.33. The van der Waals surface area contributed by atoms with Crippen LogP contribution in [-0.4, -0.2) is 24.5 Å². The molecule has 0 atom stereocenters. The minimum atomic E-state index is -0.247. The third kappa shape index (κ3) is 3.17. The van der Waals surface area contributed by atoms with Crippen LogP contribution in [0.1, 0.15) is 24.0 Å². The van der Waals surface area contributed by atoms with Gasteiger partial charge in [-0.25, -0.2) is 4.39 Å². The summed E-state index contributed by atoms with van der Waals surface area (Å²) >= 11 is 0. The van der Waals surface area contributed by atoms with E-state index in [9.17, 15) is 9.18 Å². The summed E-state index contributed by atoms with van der Waals surface area (Å²) < 4.78 is 18.5. The zero-order valence-corrected chi connectivity index (χ0v) is 14.6. The van der Waals surface area contributed by atoms with Crippen LogP contribution in [0.4, 0.5) is 4.39 Å². The summed E-state index contributed by atoms with van der Waals surface area (Å²) in [5, 5.41) is 4.10. The van der Waals surface area contributed by atoms with Crippen LogP contribution in [0.2, 0.25) is 0 Å². The van der Waals surface area contributed by atoms with Gasteiger partial charge in [0.25, 0.3) is 0 Å². The number of carbonyl (C=O) groups is 1. The number of rotatable bonds is 6. The fraction of sp³-hybridized carbons (Fsp3) is 0.286. The van der Waals surface area contributed by atoms with E-state index in [1.165, 1.54) is 12.1 Å². The molecule has 0 aliphatic heterocycles. The summed E-state index contributed by atoms with van der Waals surface area (Å²) in [7, 11) is 1.62. The van der Waals surface area contributed by atoms with Gasteiger partial charge in [-0.3, -0.25) is 4.79 Å². The van der Waals surface area contributed by atoms with Gasteiger partial charge in [0, 0.05) is 29.1 Å². The van der Waals surface area contributed by atoms with Gasteiger partial charge in [-0.2, -0.15) is 0 Å². The zero-order chi connectivity index (χ0) is 18.1. The minimum absolute atomic E-state index is 0.00678. The van der Waals surface area contributed by atoms with E-state index in [0.29, 0.717) is 13.0 Å². The molecule has 26 heavy (non-hydrogen) atoms. The second-order valence-corrected chi connectivity index (χ2v) is 6.97. The molecule has 0 bridgehead atoms. The molecular weight excluding hydrogens is 331 g/mol. The van der Waals surface area contributed by atoms with E-state index < -0.39 is 0 Å². The van der Waals surface area contributed by atoms with Crippen LogP contribution in [-0.2, 0) is 16.6 Å². The molecular formula is C21H21FN2O2. The Morgan fingerprint density at radius 2 is 2.00 bits per heavy atom. The van der Waals surface area contributed by atoms with Gasteiger partial charge in [0.2, 0.25) is 5.91 Å². The number of aromatic nitrogens is 1. The molecule has 3 aromatic rings. The Morgan fingerprint density at radius 3 is 2.69 bits per heavy atom. The minimum Gasteiger partial charge on any atom is -0.497 e. The molecule has 0 saturated heterocycles. The standard InChI is InChI=1S/C21H21FN2O2/c1-26-16-5-2-14(3-6-16)10-20(25)24-13-21(8-9-21)18-12-23-19-11-15(22)4-7-17(18)19/h2-7,11-12,23H,8-10,13H2,1H3,(H,24,25). The van der Waals surface area contributed by atoms with Crippen molar-refractivity contribution in [2.75, 3.05) is 13.7 Å². The average molecular weight is 352 g/mol. The van der Waals surface area contributed by atoms with Gasteiger partial charge in [-0.05, 0) is 54.3 Å². The molecule has 2 aromatic carbocycles. The van der Waals surface area contributed by atoms with E-state index in [-0.39, 0.29) is 17.1 Å². The quantitative estimate of drug-likeness (QED) is 0.711. The predicted octanol–water partition coefficient (Wildman–Crippen LogP) is 3.71. The van der Waals surface area contributed by atoms with E-state index in [1.54, 1.807) is 7.11 Å². The molecule has 2 N–H and O–H groups in total. The number of halogens is 1. The SMILES string of the molecule is COc1ccc(CC(=O)NCC2(c3c[nH]c4cc(F)ccc34)CC2)cc1. The zero-order valence-electron chi connectivity index (χ0n) is 14.6. The molecule has 0 spiro atoms. The first-order valence-corrected chi connectivity index (χ1v) is 8.76. The fourth-order valence-corrected chi connectivity index (χ4v) is 3.49. The molecule has 1 aliphatic rings. The van der Waals surface area contributed by atoms with Crippen molar-refractivity contribution in [1.82, 2.24) is 10.3 Å². The highest BCUT2D eigenvalue weighted by Gasteiger charge is 2.45. The first-order valence-electron chi connectivity index (χ1n) is 8.76. The van der Waals surface area contributed by atoms with Crippen molar-refractivity contribution in [2.24, 2.45) is 0 Å². The maximum absolute atomic E-state index is 13.4. The number of methoxy groups -OCH3 is 1. The van der Waals surface area contributed by atoms with Crippen molar-refractivity contribution in [3.05, 3.63) is 65.6 Å². The maximum atomic E-state index is 13.4. The van der Waals surface area contributed by atoms with Crippen molar-refractivity contribution in [3.8, 4) is 5.75 Å². The van der Waals surface area contributed by atoms with Crippen molar-refractivity contribution in [1.29, 1.82) is 0 Å². The Bertz CT molecular complexity index is 942. The monoisotopic (exact) mass is 352 g/mol. The van der Waals surface area contributed by atoms with E-state index in [2.05, 4.69) is 10.3 Å². The Balaban J connectivity index is 1.42. The Hall–Kier alpha value is -2.82. The third-order valence-corrected chi connectivity index (χ3v) is 5.22. The number of hydrogen-bond acceptors (Lipinski definition) is 2. The number of H-pyrrole nitrogens is 1. The van der Waals surface area contributed by atoms with E-state index in [1.807, 2.05) is 36.5 Å². The molecule has 1 amide bonds. The van der Waals surface area contributed by atoms with Crippen LogP contribution in [0.5, 0.6) is 5.75 Å². The van der Waals surface area contributed by atoms with E-state index in [4.69, 9.17) is 4.74 Å². The molecule has 0 unspecified atom stereocenters. The lowest BCUT2D eigenvalue weighted by molar-refractivity contribution is -0.120. The number of aromatic amines is 1. The highest BCUT2D eigenvalue weighted by molar-refractivity contribution is 5.85. The van der Waals surface area contributed by atoms with Crippen molar-refractivity contribution in [3.63, 3.8) is 0 Å². The highest BCUT2D eigenvalue weighted by atomic mass is 19.1. The number of fused-ring (bicyclic) bond motifs is 1. The number of nitrogens with one attached hydrogen (secondary N) is 2. The lowest BCUT2D eigenvalue weighted by Gasteiger charge is -2.16. The van der Waals surface area contributed by atoms with Gasteiger partial charge >= 0.3 is 0 Å². The molecule has 1 saturated carbocycles. The summed E-state index contributed by atoms with van der Waals surface area (Å²) in [5.41, 5.74) is 2.88. The second-order valence-electron chi connectivity index (χ2n) is 6.97. The largest absolute Gasteiger partial charge is 0.497 e. The molecule has 5 heteroatoms. The average Bonchev–Trinajstić information content (AvgIpc) is 3.32. The molecule has 1 heterocycles. The van der Waals surface area contributed by atoms with E-state index in [0.717, 1.165) is 40.6 Å². The molecule has 4 nitrogen and oxygen atoms in total. The van der Waals surface area contributed by atoms with Crippen LogP contribution in [0.3, 0.4) is 0 Å². The Labute approximate surface area is 151 Å². The third-order valence-electron chi connectivity index (χ3n) is 5.22. The summed E-state index contributed by atoms with van der Waals surface area (Å²) in [4.78, 5) is 15.5. The number of hydrogen-bond donors (Lipinski definition) is 2. The number of benzene rings is 2. The van der Waals surface area contributed by atoms with Crippen LogP contribution < -0.4 is 10.1 Å². The summed E-state index contributed by atoms with van der Waals surface area (Å²) in [5.74, 6) is 0.540. The second kappa shape index (κ2) is 6.48. The first-order chi connectivity index (χ1) is 12.6. The van der Waals surface area contributed by atoms with Gasteiger partial charge in [-0.1, -0.05) is 12.1 Å². The smallest absolute Gasteiger partial charge is 0.224 e. The normalized spacial score (nSPS) is 15.0. The van der Waals surface area contributed by atoms with Gasteiger partial charge in [-0.15, -0.1) is 0 Å². The molecule has 0 radical (unpaired) electrons.